The number of rotatable bonds is 4. The zero-order valence-electron chi connectivity index (χ0n) is 17.3. The number of phenolic OH excluding ortho intramolecular Hbond substituents is 1. The standard InChI is InChI=1S/C24H29N3O3/c28-22-6-2-1-5-18(22)12-23(29)26-13-17-11-20(16-26)21-8-7-19(24(30)27(21)14-17)15-25-9-3-4-10-25/h1-2,5-8,17,20,28H,3-4,9-16H2/t17-,20+/m0/s1. The summed E-state index contributed by atoms with van der Waals surface area (Å²) in [7, 11) is 0. The fourth-order valence-corrected chi connectivity index (χ4v) is 5.43. The van der Waals surface area contributed by atoms with E-state index in [2.05, 4.69) is 11.0 Å². The van der Waals surface area contributed by atoms with Gasteiger partial charge in [0.25, 0.3) is 5.56 Å². The molecule has 6 nitrogen and oxygen atoms in total. The van der Waals surface area contributed by atoms with Gasteiger partial charge in [-0.2, -0.15) is 0 Å². The highest BCUT2D eigenvalue weighted by Crippen LogP contribution is 2.35. The lowest BCUT2D eigenvalue weighted by Crippen LogP contribution is -2.50. The molecule has 0 saturated carbocycles. The number of hydrogen-bond donors (Lipinski definition) is 1. The van der Waals surface area contributed by atoms with Crippen LogP contribution in [0.1, 0.15) is 42.0 Å². The van der Waals surface area contributed by atoms with Crippen LogP contribution in [0.5, 0.6) is 5.75 Å². The number of para-hydroxylation sites is 1. The van der Waals surface area contributed by atoms with Crippen molar-refractivity contribution in [2.45, 2.75) is 44.7 Å². The molecule has 158 valence electrons. The highest BCUT2D eigenvalue weighted by molar-refractivity contribution is 5.79. The molecule has 2 aromatic rings. The Kier molecular flexibility index (Phi) is 5.11. The van der Waals surface area contributed by atoms with Gasteiger partial charge in [-0.05, 0) is 50.4 Å². The van der Waals surface area contributed by atoms with Gasteiger partial charge in [0.05, 0.1) is 6.42 Å². The normalized spacial score (nSPS) is 23.4. The van der Waals surface area contributed by atoms with Crippen LogP contribution in [-0.4, -0.2) is 51.6 Å². The molecular formula is C24H29N3O3. The van der Waals surface area contributed by atoms with Crippen LogP contribution in [-0.2, 0) is 24.3 Å². The number of likely N-dealkylation sites (tertiary alicyclic amines) is 2. The largest absolute Gasteiger partial charge is 0.508 e. The first-order valence-corrected chi connectivity index (χ1v) is 11.1. The number of phenols is 1. The van der Waals surface area contributed by atoms with E-state index in [1.807, 2.05) is 21.6 Å². The summed E-state index contributed by atoms with van der Waals surface area (Å²) in [6.07, 6.45) is 3.70. The maximum Gasteiger partial charge on any atom is 0.255 e. The predicted molar refractivity (Wildman–Crippen MR) is 114 cm³/mol. The smallest absolute Gasteiger partial charge is 0.255 e. The molecule has 0 radical (unpaired) electrons. The molecular weight excluding hydrogens is 378 g/mol. The fourth-order valence-electron chi connectivity index (χ4n) is 5.43. The molecule has 6 heteroatoms. The number of fused-ring (bicyclic) bond motifs is 4. The molecule has 1 amide bonds. The van der Waals surface area contributed by atoms with E-state index in [-0.39, 0.29) is 29.6 Å². The lowest BCUT2D eigenvalue weighted by molar-refractivity contribution is -0.133. The maximum absolute atomic E-state index is 13.2. The number of aromatic nitrogens is 1. The number of hydrogen-bond acceptors (Lipinski definition) is 4. The zero-order chi connectivity index (χ0) is 20.7. The summed E-state index contributed by atoms with van der Waals surface area (Å²) < 4.78 is 1.98. The van der Waals surface area contributed by atoms with Crippen molar-refractivity contribution in [2.75, 3.05) is 26.2 Å². The van der Waals surface area contributed by atoms with Gasteiger partial charge in [0, 0.05) is 48.9 Å². The lowest BCUT2D eigenvalue weighted by Gasteiger charge is -2.43. The third kappa shape index (κ3) is 3.65. The second kappa shape index (κ2) is 7.91. The van der Waals surface area contributed by atoms with Gasteiger partial charge in [-0.15, -0.1) is 0 Å². The second-order valence-electron chi connectivity index (χ2n) is 9.09. The van der Waals surface area contributed by atoms with E-state index < -0.39 is 0 Å². The van der Waals surface area contributed by atoms with E-state index in [1.54, 1.807) is 18.2 Å². The molecule has 1 aromatic carbocycles. The van der Waals surface area contributed by atoms with E-state index in [9.17, 15) is 14.7 Å². The van der Waals surface area contributed by atoms with Crippen molar-refractivity contribution in [1.82, 2.24) is 14.4 Å². The first kappa shape index (κ1) is 19.4. The molecule has 2 atom stereocenters. The third-order valence-electron chi connectivity index (χ3n) is 6.96. The first-order valence-electron chi connectivity index (χ1n) is 11.1. The maximum atomic E-state index is 13.2. The van der Waals surface area contributed by atoms with Gasteiger partial charge in [-0.25, -0.2) is 0 Å². The topological polar surface area (TPSA) is 65.8 Å². The Morgan fingerprint density at radius 1 is 1.00 bits per heavy atom. The molecule has 1 N–H and O–H groups in total. The summed E-state index contributed by atoms with van der Waals surface area (Å²) in [5.74, 6) is 0.738. The molecule has 0 unspecified atom stereocenters. The van der Waals surface area contributed by atoms with Crippen molar-refractivity contribution in [3.63, 3.8) is 0 Å². The number of carbonyl (C=O) groups is 1. The van der Waals surface area contributed by atoms with Crippen molar-refractivity contribution in [3.05, 3.63) is 63.6 Å². The van der Waals surface area contributed by atoms with Crippen LogP contribution in [0.25, 0.3) is 0 Å². The van der Waals surface area contributed by atoms with E-state index in [0.717, 1.165) is 37.3 Å². The van der Waals surface area contributed by atoms with Gasteiger partial charge in [-0.3, -0.25) is 14.5 Å². The molecule has 3 aliphatic rings. The van der Waals surface area contributed by atoms with Crippen molar-refractivity contribution < 1.29 is 9.90 Å². The molecule has 2 fully saturated rings. The molecule has 0 aliphatic carbocycles. The van der Waals surface area contributed by atoms with Gasteiger partial charge in [-0.1, -0.05) is 24.3 Å². The van der Waals surface area contributed by atoms with Gasteiger partial charge in [0.15, 0.2) is 0 Å². The van der Waals surface area contributed by atoms with E-state index in [0.29, 0.717) is 31.1 Å². The van der Waals surface area contributed by atoms with E-state index in [4.69, 9.17) is 0 Å². The SMILES string of the molecule is O=C(Cc1ccccc1O)N1C[C@@H]2C[C@H](C1)c1ccc(CN3CCCC3)c(=O)n1C2. The number of amides is 1. The molecule has 4 heterocycles. The van der Waals surface area contributed by atoms with Crippen LogP contribution in [0.15, 0.2) is 41.2 Å². The van der Waals surface area contributed by atoms with Crippen molar-refractivity contribution in [2.24, 2.45) is 5.92 Å². The third-order valence-corrected chi connectivity index (χ3v) is 6.96. The van der Waals surface area contributed by atoms with Gasteiger partial charge in [0.2, 0.25) is 5.91 Å². The Morgan fingerprint density at radius 2 is 1.80 bits per heavy atom. The summed E-state index contributed by atoms with van der Waals surface area (Å²) >= 11 is 0. The summed E-state index contributed by atoms with van der Waals surface area (Å²) in [5, 5.41) is 10.00. The molecule has 0 spiro atoms. The van der Waals surface area contributed by atoms with Gasteiger partial charge >= 0.3 is 0 Å². The fraction of sp³-hybridized carbons (Fsp3) is 0.500. The van der Waals surface area contributed by atoms with Gasteiger partial charge < -0.3 is 14.6 Å². The van der Waals surface area contributed by atoms with Crippen LogP contribution >= 0.6 is 0 Å². The number of piperidine rings is 1. The number of benzene rings is 1. The summed E-state index contributed by atoms with van der Waals surface area (Å²) in [6, 6.07) is 11.2. The number of aromatic hydroxyl groups is 1. The average molecular weight is 408 g/mol. The van der Waals surface area contributed by atoms with E-state index >= 15 is 0 Å². The van der Waals surface area contributed by atoms with E-state index in [1.165, 1.54) is 12.8 Å². The quantitative estimate of drug-likeness (QED) is 0.845. The average Bonchev–Trinajstić information content (AvgIpc) is 3.25. The first-order chi connectivity index (χ1) is 14.6. The van der Waals surface area contributed by atoms with Crippen LogP contribution in [0.2, 0.25) is 0 Å². The van der Waals surface area contributed by atoms with Crippen LogP contribution in [0.3, 0.4) is 0 Å². The van der Waals surface area contributed by atoms with Crippen LogP contribution in [0.4, 0.5) is 0 Å². The lowest BCUT2D eigenvalue weighted by atomic mass is 9.82. The Balaban J connectivity index is 1.33. The number of nitrogens with zero attached hydrogens (tertiary/aromatic N) is 3. The summed E-state index contributed by atoms with van der Waals surface area (Å²) in [6.45, 7) is 4.94. The highest BCUT2D eigenvalue weighted by Gasteiger charge is 2.36. The van der Waals surface area contributed by atoms with Crippen LogP contribution < -0.4 is 5.56 Å². The van der Waals surface area contributed by atoms with Crippen molar-refractivity contribution >= 4 is 5.91 Å². The van der Waals surface area contributed by atoms with Crippen molar-refractivity contribution in [3.8, 4) is 5.75 Å². The highest BCUT2D eigenvalue weighted by atomic mass is 16.3. The minimum atomic E-state index is 0.0488. The number of pyridine rings is 1. The van der Waals surface area contributed by atoms with Crippen LogP contribution in [0, 0.1) is 5.92 Å². The Hall–Kier alpha value is -2.60. The zero-order valence-corrected chi connectivity index (χ0v) is 17.3. The summed E-state index contributed by atoms with van der Waals surface area (Å²) in [4.78, 5) is 30.4. The molecule has 1 aromatic heterocycles. The Morgan fingerprint density at radius 3 is 2.60 bits per heavy atom. The number of carbonyl (C=O) groups excluding carboxylic acids is 1. The Bertz CT molecular complexity index is 1010. The minimum Gasteiger partial charge on any atom is -0.508 e. The Labute approximate surface area is 176 Å². The molecule has 5 rings (SSSR count). The van der Waals surface area contributed by atoms with Gasteiger partial charge in [0.1, 0.15) is 5.75 Å². The predicted octanol–water partition coefficient (Wildman–Crippen LogP) is 2.34. The minimum absolute atomic E-state index is 0.0488. The van der Waals surface area contributed by atoms with Crippen molar-refractivity contribution in [1.29, 1.82) is 0 Å². The second-order valence-corrected chi connectivity index (χ2v) is 9.09. The summed E-state index contributed by atoms with van der Waals surface area (Å²) in [5.41, 5.74) is 2.79. The molecule has 30 heavy (non-hydrogen) atoms. The monoisotopic (exact) mass is 407 g/mol. The molecule has 2 bridgehead atoms. The molecule has 2 saturated heterocycles. The molecule has 3 aliphatic heterocycles.